The minimum Gasteiger partial charge on any atom is -0.496 e. The number of hydrazone groups is 1. The van der Waals surface area contributed by atoms with E-state index in [0.29, 0.717) is 11.3 Å². The number of carbonyl (C=O) groups is 1. The van der Waals surface area contributed by atoms with Gasteiger partial charge in [0.1, 0.15) is 5.75 Å². The molecule has 0 saturated carbocycles. The summed E-state index contributed by atoms with van der Waals surface area (Å²) in [5.41, 5.74) is 3.77. The van der Waals surface area contributed by atoms with Crippen LogP contribution in [0.4, 0.5) is 0 Å². The topological polar surface area (TPSA) is 73.1 Å². The van der Waals surface area contributed by atoms with Gasteiger partial charge in [-0.05, 0) is 51.8 Å². The summed E-state index contributed by atoms with van der Waals surface area (Å²) in [6, 6.07) is 12.6. The largest absolute Gasteiger partial charge is 0.496 e. The summed E-state index contributed by atoms with van der Waals surface area (Å²) >= 11 is 3.40. The number of halogens is 1. The van der Waals surface area contributed by atoms with Gasteiger partial charge in [0.2, 0.25) is 0 Å². The lowest BCUT2D eigenvalue weighted by molar-refractivity contribution is 0.0929. The Morgan fingerprint density at radius 3 is 2.68 bits per heavy atom. The average molecular weight is 403 g/mol. The fraction of sp³-hybridized carbons (Fsp3) is 0.111. The zero-order chi connectivity index (χ0) is 17.8. The molecule has 6 nitrogen and oxygen atoms in total. The van der Waals surface area contributed by atoms with Gasteiger partial charge in [-0.1, -0.05) is 12.1 Å². The first-order valence-corrected chi connectivity index (χ1v) is 8.15. The molecule has 0 saturated heterocycles. The van der Waals surface area contributed by atoms with Crippen LogP contribution in [0.25, 0.3) is 11.0 Å². The van der Waals surface area contributed by atoms with Crippen LogP contribution in [0.15, 0.2) is 56.5 Å². The maximum Gasteiger partial charge on any atom is 0.307 e. The molecule has 0 fully saturated rings. The molecule has 0 unspecified atom stereocenters. The van der Waals surface area contributed by atoms with Crippen LogP contribution in [-0.2, 0) is 0 Å². The third-order valence-corrected chi connectivity index (χ3v) is 4.13. The van der Waals surface area contributed by atoms with Gasteiger partial charge in [-0.3, -0.25) is 4.79 Å². The van der Waals surface area contributed by atoms with Crippen molar-refractivity contribution in [3.05, 3.63) is 58.3 Å². The van der Waals surface area contributed by atoms with Crippen molar-refractivity contribution in [2.45, 2.75) is 0 Å². The standard InChI is InChI=1S/C18H15BrN2O4/c1-23-14-7-6-11(8-13(14)19)10-20-21-18(22)16-9-12-4-3-5-15(24-2)17(12)25-16/h3-10H,1-2H3,(H,21,22)/b20-10-. The Morgan fingerprint density at radius 1 is 1.16 bits per heavy atom. The van der Waals surface area contributed by atoms with Crippen molar-refractivity contribution in [2.75, 3.05) is 14.2 Å². The zero-order valence-electron chi connectivity index (χ0n) is 13.6. The van der Waals surface area contributed by atoms with Gasteiger partial charge in [0.25, 0.3) is 0 Å². The van der Waals surface area contributed by atoms with Gasteiger partial charge in [-0.2, -0.15) is 5.10 Å². The Labute approximate surface area is 152 Å². The summed E-state index contributed by atoms with van der Waals surface area (Å²) in [6.07, 6.45) is 1.53. The van der Waals surface area contributed by atoms with Crippen LogP contribution >= 0.6 is 15.9 Å². The first kappa shape index (κ1) is 17.0. The second kappa shape index (κ2) is 7.40. The number of fused-ring (bicyclic) bond motifs is 1. The van der Waals surface area contributed by atoms with E-state index >= 15 is 0 Å². The number of hydrogen-bond acceptors (Lipinski definition) is 5. The third-order valence-electron chi connectivity index (χ3n) is 3.51. The highest BCUT2D eigenvalue weighted by atomic mass is 79.9. The molecule has 1 heterocycles. The van der Waals surface area contributed by atoms with Gasteiger partial charge in [0, 0.05) is 5.39 Å². The fourth-order valence-corrected chi connectivity index (χ4v) is 2.85. The number of carbonyl (C=O) groups excluding carboxylic acids is 1. The molecule has 2 aromatic carbocycles. The van der Waals surface area contributed by atoms with Gasteiger partial charge >= 0.3 is 5.91 Å². The van der Waals surface area contributed by atoms with E-state index in [1.165, 1.54) is 6.21 Å². The van der Waals surface area contributed by atoms with E-state index in [2.05, 4.69) is 26.5 Å². The molecule has 0 aliphatic rings. The van der Waals surface area contributed by atoms with Crippen molar-refractivity contribution in [3.8, 4) is 11.5 Å². The van der Waals surface area contributed by atoms with Crippen molar-refractivity contribution in [3.63, 3.8) is 0 Å². The molecule has 0 aliphatic carbocycles. The van der Waals surface area contributed by atoms with Crippen molar-refractivity contribution >= 4 is 39.0 Å². The third kappa shape index (κ3) is 3.66. The van der Waals surface area contributed by atoms with E-state index in [0.717, 1.165) is 21.2 Å². The lowest BCUT2D eigenvalue weighted by Gasteiger charge is -2.03. The molecule has 1 aromatic heterocycles. The highest BCUT2D eigenvalue weighted by Crippen LogP contribution is 2.28. The molecule has 7 heteroatoms. The quantitative estimate of drug-likeness (QED) is 0.517. The van der Waals surface area contributed by atoms with Crippen molar-refractivity contribution < 1.29 is 18.7 Å². The average Bonchev–Trinajstić information content (AvgIpc) is 3.06. The Hall–Kier alpha value is -2.80. The first-order valence-electron chi connectivity index (χ1n) is 7.36. The first-order chi connectivity index (χ1) is 12.1. The number of nitrogens with one attached hydrogen (secondary N) is 1. The highest BCUT2D eigenvalue weighted by molar-refractivity contribution is 9.10. The fourth-order valence-electron chi connectivity index (χ4n) is 2.29. The van der Waals surface area contributed by atoms with Gasteiger partial charge in [0.15, 0.2) is 17.1 Å². The molecule has 0 aliphatic heterocycles. The number of hydrogen-bond donors (Lipinski definition) is 1. The van der Waals surface area contributed by atoms with Gasteiger partial charge in [-0.25, -0.2) is 5.43 Å². The predicted octanol–water partition coefficient (Wildman–Crippen LogP) is 3.98. The van der Waals surface area contributed by atoms with Gasteiger partial charge in [-0.15, -0.1) is 0 Å². The summed E-state index contributed by atoms with van der Waals surface area (Å²) < 4.78 is 16.8. The van der Waals surface area contributed by atoms with Crippen LogP contribution in [0.1, 0.15) is 16.1 Å². The predicted molar refractivity (Wildman–Crippen MR) is 98.5 cm³/mol. The Morgan fingerprint density at radius 2 is 1.96 bits per heavy atom. The van der Waals surface area contributed by atoms with Crippen molar-refractivity contribution in [1.82, 2.24) is 5.43 Å². The van der Waals surface area contributed by atoms with Crippen LogP contribution < -0.4 is 14.9 Å². The molecule has 0 atom stereocenters. The van der Waals surface area contributed by atoms with Crippen molar-refractivity contribution in [2.24, 2.45) is 5.10 Å². The molecular weight excluding hydrogens is 388 g/mol. The van der Waals surface area contributed by atoms with E-state index in [-0.39, 0.29) is 5.76 Å². The number of furan rings is 1. The lowest BCUT2D eigenvalue weighted by atomic mass is 10.2. The summed E-state index contributed by atoms with van der Waals surface area (Å²) in [5, 5.41) is 4.73. The van der Waals surface area contributed by atoms with Crippen LogP contribution in [0.3, 0.4) is 0 Å². The Bertz CT molecular complexity index is 949. The molecule has 25 heavy (non-hydrogen) atoms. The zero-order valence-corrected chi connectivity index (χ0v) is 15.2. The number of rotatable bonds is 5. The number of benzene rings is 2. The molecule has 0 bridgehead atoms. The van der Waals surface area contributed by atoms with E-state index in [4.69, 9.17) is 13.9 Å². The smallest absolute Gasteiger partial charge is 0.307 e. The summed E-state index contributed by atoms with van der Waals surface area (Å²) in [4.78, 5) is 12.2. The number of para-hydroxylation sites is 1. The van der Waals surface area contributed by atoms with Crippen LogP contribution in [0.5, 0.6) is 11.5 Å². The number of amides is 1. The lowest BCUT2D eigenvalue weighted by Crippen LogP contribution is -2.16. The monoisotopic (exact) mass is 402 g/mol. The Balaban J connectivity index is 1.73. The van der Waals surface area contributed by atoms with E-state index in [1.807, 2.05) is 24.3 Å². The summed E-state index contributed by atoms with van der Waals surface area (Å²) in [7, 11) is 3.14. The second-order valence-corrected chi connectivity index (χ2v) is 5.94. The number of ether oxygens (including phenoxy) is 2. The molecule has 3 aromatic rings. The molecule has 1 N–H and O–H groups in total. The molecule has 3 rings (SSSR count). The van der Waals surface area contributed by atoms with Crippen LogP contribution in [0, 0.1) is 0 Å². The van der Waals surface area contributed by atoms with E-state index in [9.17, 15) is 4.79 Å². The number of nitrogens with zero attached hydrogens (tertiary/aromatic N) is 1. The highest BCUT2D eigenvalue weighted by Gasteiger charge is 2.14. The minimum atomic E-state index is -0.443. The van der Waals surface area contributed by atoms with Crippen LogP contribution in [-0.4, -0.2) is 26.3 Å². The molecule has 128 valence electrons. The molecule has 0 spiro atoms. The Kier molecular flexibility index (Phi) is 5.04. The second-order valence-electron chi connectivity index (χ2n) is 5.08. The molecule has 1 amide bonds. The SMILES string of the molecule is COc1ccc(/C=N\NC(=O)c2cc3cccc(OC)c3o2)cc1Br. The number of methoxy groups -OCH3 is 2. The van der Waals surface area contributed by atoms with Crippen LogP contribution in [0.2, 0.25) is 0 Å². The van der Waals surface area contributed by atoms with Gasteiger partial charge < -0.3 is 13.9 Å². The summed E-state index contributed by atoms with van der Waals surface area (Å²) in [5.74, 6) is 1.01. The van der Waals surface area contributed by atoms with E-state index in [1.54, 1.807) is 32.4 Å². The maximum atomic E-state index is 12.2. The van der Waals surface area contributed by atoms with Crippen molar-refractivity contribution in [1.29, 1.82) is 0 Å². The van der Waals surface area contributed by atoms with Gasteiger partial charge in [0.05, 0.1) is 24.9 Å². The normalized spacial score (nSPS) is 11.0. The molecule has 0 radical (unpaired) electrons. The maximum absolute atomic E-state index is 12.2. The molecular formula is C18H15BrN2O4. The summed E-state index contributed by atoms with van der Waals surface area (Å²) in [6.45, 7) is 0. The van der Waals surface area contributed by atoms with E-state index < -0.39 is 5.91 Å². The minimum absolute atomic E-state index is 0.160.